The highest BCUT2D eigenvalue weighted by molar-refractivity contribution is 6.44. The van der Waals surface area contributed by atoms with Gasteiger partial charge in [-0.1, -0.05) is 35.3 Å². The van der Waals surface area contributed by atoms with Gasteiger partial charge >= 0.3 is 0 Å². The zero-order valence-corrected chi connectivity index (χ0v) is 10.4. The zero-order chi connectivity index (χ0) is 12.8. The van der Waals surface area contributed by atoms with E-state index in [1.54, 1.807) is 18.2 Å². The first-order valence-corrected chi connectivity index (χ1v) is 5.26. The molecule has 88 valence electrons. The number of guanidine groups is 1. The number of hydrogen-bond acceptors (Lipinski definition) is 3. The van der Waals surface area contributed by atoms with Gasteiger partial charge in [0.15, 0.2) is 5.71 Å². The second kappa shape index (κ2) is 6.09. The van der Waals surface area contributed by atoms with Crippen molar-refractivity contribution in [2.75, 3.05) is 7.05 Å². The highest BCUT2D eigenvalue weighted by atomic mass is 35.5. The number of benzene rings is 1. The summed E-state index contributed by atoms with van der Waals surface area (Å²) in [6, 6.07) is 6.83. The first kappa shape index (κ1) is 13.3. The van der Waals surface area contributed by atoms with Crippen LogP contribution in [-0.4, -0.2) is 18.7 Å². The first-order chi connectivity index (χ1) is 8.10. The van der Waals surface area contributed by atoms with Crippen molar-refractivity contribution in [1.82, 2.24) is 5.43 Å². The highest BCUT2D eigenvalue weighted by Gasteiger charge is 2.10. The lowest BCUT2D eigenvalue weighted by molar-refractivity contribution is 1.00. The molecule has 0 unspecified atom stereocenters. The van der Waals surface area contributed by atoms with Crippen LogP contribution in [0.2, 0.25) is 10.0 Å². The maximum atomic E-state index is 8.98. The third-order valence-electron chi connectivity index (χ3n) is 1.84. The minimum atomic E-state index is 0.0732. The number of halogens is 2. The third-order valence-corrected chi connectivity index (χ3v) is 2.65. The van der Waals surface area contributed by atoms with Crippen LogP contribution in [0.15, 0.2) is 28.3 Å². The molecule has 0 saturated heterocycles. The molecule has 17 heavy (non-hydrogen) atoms. The van der Waals surface area contributed by atoms with Gasteiger partial charge in [-0.3, -0.25) is 4.99 Å². The van der Waals surface area contributed by atoms with Crippen LogP contribution >= 0.6 is 23.2 Å². The maximum Gasteiger partial charge on any atom is 0.209 e. The van der Waals surface area contributed by atoms with E-state index in [4.69, 9.17) is 34.2 Å². The Balaban J connectivity index is 3.11. The van der Waals surface area contributed by atoms with Gasteiger partial charge < -0.3 is 5.73 Å². The number of hydrogen-bond donors (Lipinski definition) is 2. The normalized spacial score (nSPS) is 12.1. The van der Waals surface area contributed by atoms with E-state index in [0.717, 1.165) is 0 Å². The molecule has 1 aromatic rings. The van der Waals surface area contributed by atoms with Crippen LogP contribution in [0.25, 0.3) is 0 Å². The van der Waals surface area contributed by atoms with E-state index >= 15 is 0 Å². The van der Waals surface area contributed by atoms with Crippen molar-refractivity contribution in [3.63, 3.8) is 0 Å². The van der Waals surface area contributed by atoms with Crippen LogP contribution in [0.5, 0.6) is 0 Å². The van der Waals surface area contributed by atoms with E-state index < -0.39 is 0 Å². The zero-order valence-electron chi connectivity index (χ0n) is 8.91. The van der Waals surface area contributed by atoms with Crippen molar-refractivity contribution in [3.8, 4) is 6.07 Å². The molecule has 0 saturated carbocycles. The summed E-state index contributed by atoms with van der Waals surface area (Å²) in [5, 5.41) is 13.4. The maximum absolute atomic E-state index is 8.98. The summed E-state index contributed by atoms with van der Waals surface area (Å²) in [5.41, 5.74) is 8.31. The Bertz CT molecular complexity index is 516. The molecule has 0 aliphatic rings. The smallest absolute Gasteiger partial charge is 0.209 e. The van der Waals surface area contributed by atoms with Crippen molar-refractivity contribution in [1.29, 1.82) is 5.26 Å². The molecule has 0 heterocycles. The summed E-state index contributed by atoms with van der Waals surface area (Å²) in [6.45, 7) is 0. The summed E-state index contributed by atoms with van der Waals surface area (Å²) < 4.78 is 0. The number of hydrazone groups is 1. The molecule has 0 fully saturated rings. The van der Waals surface area contributed by atoms with E-state index in [1.807, 2.05) is 6.07 Å². The van der Waals surface area contributed by atoms with Crippen LogP contribution in [0.3, 0.4) is 0 Å². The average molecular weight is 270 g/mol. The quantitative estimate of drug-likeness (QED) is 0.487. The number of nitrogens with zero attached hydrogens (tertiary/aromatic N) is 3. The molecule has 0 aliphatic carbocycles. The van der Waals surface area contributed by atoms with Gasteiger partial charge in [0.2, 0.25) is 5.96 Å². The van der Waals surface area contributed by atoms with E-state index in [9.17, 15) is 0 Å². The molecule has 0 amide bonds. The molecule has 0 aromatic heterocycles. The Kier molecular flexibility index (Phi) is 4.76. The fourth-order valence-corrected chi connectivity index (χ4v) is 1.39. The molecular formula is C10H9Cl2N5. The lowest BCUT2D eigenvalue weighted by atomic mass is 10.1. The van der Waals surface area contributed by atoms with Gasteiger partial charge in [0.25, 0.3) is 0 Å². The number of rotatable bonds is 2. The second-order valence-electron chi connectivity index (χ2n) is 2.89. The SMILES string of the molecule is C/N=C(/N)N/N=C(\C#N)c1cccc(Cl)c1Cl. The van der Waals surface area contributed by atoms with Crippen LogP contribution < -0.4 is 11.2 Å². The molecule has 0 spiro atoms. The molecule has 0 aliphatic heterocycles. The number of nitrogens with two attached hydrogens (primary N) is 1. The Hall–Kier alpha value is -1.77. The van der Waals surface area contributed by atoms with E-state index in [2.05, 4.69) is 15.5 Å². The Labute approximate surface area is 109 Å². The summed E-state index contributed by atoms with van der Waals surface area (Å²) >= 11 is 11.8. The van der Waals surface area contributed by atoms with Gasteiger partial charge in [-0.25, -0.2) is 5.43 Å². The standard InChI is InChI=1S/C10H9Cl2N5/c1-15-10(14)17-16-8(5-13)6-3-2-4-7(11)9(6)12/h2-4H,1H3,(H3,14,15,17)/b16-8+. The summed E-state index contributed by atoms with van der Waals surface area (Å²) in [5.74, 6) is 0.0934. The fourth-order valence-electron chi connectivity index (χ4n) is 0.995. The first-order valence-electron chi connectivity index (χ1n) is 4.50. The summed E-state index contributed by atoms with van der Waals surface area (Å²) in [4.78, 5) is 3.64. The predicted molar refractivity (Wildman–Crippen MR) is 69.3 cm³/mol. The fraction of sp³-hybridized carbons (Fsp3) is 0.100. The predicted octanol–water partition coefficient (Wildman–Crippen LogP) is 1.76. The molecule has 0 bridgehead atoms. The van der Waals surface area contributed by atoms with Gasteiger partial charge in [0.1, 0.15) is 6.07 Å². The third kappa shape index (κ3) is 3.34. The molecular weight excluding hydrogens is 261 g/mol. The van der Waals surface area contributed by atoms with E-state index in [-0.39, 0.29) is 16.7 Å². The molecule has 3 N–H and O–H groups in total. The van der Waals surface area contributed by atoms with Crippen LogP contribution in [0, 0.1) is 11.3 Å². The number of nitriles is 1. The van der Waals surface area contributed by atoms with Crippen LogP contribution in [-0.2, 0) is 0 Å². The van der Waals surface area contributed by atoms with E-state index in [1.165, 1.54) is 7.05 Å². The van der Waals surface area contributed by atoms with Crippen molar-refractivity contribution < 1.29 is 0 Å². The van der Waals surface area contributed by atoms with Crippen molar-refractivity contribution in [2.24, 2.45) is 15.8 Å². The molecule has 0 atom stereocenters. The lowest BCUT2D eigenvalue weighted by Gasteiger charge is -2.03. The topological polar surface area (TPSA) is 86.6 Å². The monoisotopic (exact) mass is 269 g/mol. The molecule has 1 aromatic carbocycles. The number of nitrogens with one attached hydrogen (secondary N) is 1. The minimum Gasteiger partial charge on any atom is -0.369 e. The number of aliphatic imine (C=N–C) groups is 1. The second-order valence-corrected chi connectivity index (χ2v) is 3.68. The molecule has 1 rings (SSSR count). The van der Waals surface area contributed by atoms with Gasteiger partial charge in [-0.2, -0.15) is 10.4 Å². The largest absolute Gasteiger partial charge is 0.369 e. The van der Waals surface area contributed by atoms with Gasteiger partial charge in [-0.15, -0.1) is 0 Å². The molecule has 5 nitrogen and oxygen atoms in total. The van der Waals surface area contributed by atoms with Gasteiger partial charge in [0, 0.05) is 12.6 Å². The Morgan fingerprint density at radius 2 is 2.18 bits per heavy atom. The molecule has 0 radical (unpaired) electrons. The van der Waals surface area contributed by atoms with Crippen molar-refractivity contribution >= 4 is 34.9 Å². The molecule has 7 heteroatoms. The van der Waals surface area contributed by atoms with E-state index in [0.29, 0.717) is 10.6 Å². The lowest BCUT2D eigenvalue weighted by Crippen LogP contribution is -2.28. The van der Waals surface area contributed by atoms with Gasteiger partial charge in [0.05, 0.1) is 10.0 Å². The van der Waals surface area contributed by atoms with Gasteiger partial charge in [-0.05, 0) is 6.07 Å². The van der Waals surface area contributed by atoms with Crippen LogP contribution in [0.4, 0.5) is 0 Å². The highest BCUT2D eigenvalue weighted by Crippen LogP contribution is 2.25. The Morgan fingerprint density at radius 1 is 1.47 bits per heavy atom. The minimum absolute atomic E-state index is 0.0732. The van der Waals surface area contributed by atoms with Crippen molar-refractivity contribution in [3.05, 3.63) is 33.8 Å². The summed E-state index contributed by atoms with van der Waals surface area (Å²) in [7, 11) is 1.50. The van der Waals surface area contributed by atoms with Crippen LogP contribution in [0.1, 0.15) is 5.56 Å². The Morgan fingerprint density at radius 3 is 2.76 bits per heavy atom. The van der Waals surface area contributed by atoms with Crippen molar-refractivity contribution in [2.45, 2.75) is 0 Å². The summed E-state index contributed by atoms with van der Waals surface area (Å²) in [6.07, 6.45) is 0. The average Bonchev–Trinajstić information content (AvgIpc) is 2.34.